The third kappa shape index (κ3) is 4.94. The number of hydrogen-bond acceptors (Lipinski definition) is 3. The molecule has 1 aliphatic rings. The Kier molecular flexibility index (Phi) is 6.15. The Labute approximate surface area is 86.8 Å². The Morgan fingerprint density at radius 3 is 2.79 bits per heavy atom. The molecule has 0 amide bonds. The Bertz CT molecular complexity index is 133. The van der Waals surface area contributed by atoms with Gasteiger partial charge in [-0.3, -0.25) is 0 Å². The molecule has 1 aliphatic heterocycles. The standard InChI is InChI=1S/C11H23NO2/c1-10-5-6-11(9-12-10)14-8-4-2-3-7-13/h10-13H,2-9H2,1H3. The van der Waals surface area contributed by atoms with E-state index in [0.717, 1.165) is 32.4 Å². The maximum Gasteiger partial charge on any atom is 0.0700 e. The Balaban J connectivity index is 1.91. The average Bonchev–Trinajstić information content (AvgIpc) is 2.21. The summed E-state index contributed by atoms with van der Waals surface area (Å²) in [5.74, 6) is 0. The summed E-state index contributed by atoms with van der Waals surface area (Å²) in [6, 6.07) is 0.657. The van der Waals surface area contributed by atoms with Crippen LogP contribution in [0.5, 0.6) is 0 Å². The van der Waals surface area contributed by atoms with Gasteiger partial charge in [-0.15, -0.1) is 0 Å². The van der Waals surface area contributed by atoms with E-state index in [0.29, 0.717) is 18.8 Å². The lowest BCUT2D eigenvalue weighted by Gasteiger charge is -2.27. The summed E-state index contributed by atoms with van der Waals surface area (Å²) in [7, 11) is 0. The van der Waals surface area contributed by atoms with Crippen molar-refractivity contribution in [1.82, 2.24) is 5.32 Å². The third-order valence-corrected chi connectivity index (χ3v) is 2.77. The van der Waals surface area contributed by atoms with Crippen molar-refractivity contribution >= 4 is 0 Å². The number of piperidine rings is 1. The zero-order valence-corrected chi connectivity index (χ0v) is 9.17. The van der Waals surface area contributed by atoms with Crippen molar-refractivity contribution in [2.45, 2.75) is 51.2 Å². The van der Waals surface area contributed by atoms with E-state index < -0.39 is 0 Å². The van der Waals surface area contributed by atoms with Gasteiger partial charge in [0, 0.05) is 25.8 Å². The van der Waals surface area contributed by atoms with E-state index in [4.69, 9.17) is 9.84 Å². The van der Waals surface area contributed by atoms with Crippen LogP contribution in [0.25, 0.3) is 0 Å². The predicted octanol–water partition coefficient (Wildman–Crippen LogP) is 1.31. The van der Waals surface area contributed by atoms with Crippen LogP contribution in [-0.4, -0.2) is 37.0 Å². The minimum Gasteiger partial charge on any atom is -0.396 e. The molecular weight excluding hydrogens is 178 g/mol. The smallest absolute Gasteiger partial charge is 0.0700 e. The Morgan fingerprint density at radius 1 is 1.29 bits per heavy atom. The van der Waals surface area contributed by atoms with Crippen molar-refractivity contribution in [3.05, 3.63) is 0 Å². The first kappa shape index (κ1) is 12.0. The van der Waals surface area contributed by atoms with Crippen LogP contribution in [0.15, 0.2) is 0 Å². The molecule has 1 rings (SSSR count). The second kappa shape index (κ2) is 7.21. The fourth-order valence-corrected chi connectivity index (χ4v) is 1.76. The van der Waals surface area contributed by atoms with Gasteiger partial charge in [-0.25, -0.2) is 0 Å². The molecule has 14 heavy (non-hydrogen) atoms. The number of hydrogen-bond donors (Lipinski definition) is 2. The first-order valence-electron chi connectivity index (χ1n) is 5.78. The van der Waals surface area contributed by atoms with E-state index in [2.05, 4.69) is 12.2 Å². The molecule has 1 fully saturated rings. The summed E-state index contributed by atoms with van der Waals surface area (Å²) in [4.78, 5) is 0. The number of aliphatic hydroxyl groups excluding tert-OH is 1. The van der Waals surface area contributed by atoms with Crippen LogP contribution in [0.2, 0.25) is 0 Å². The SMILES string of the molecule is CC1CCC(OCCCCCO)CN1. The van der Waals surface area contributed by atoms with Gasteiger partial charge in [0.25, 0.3) is 0 Å². The first-order valence-corrected chi connectivity index (χ1v) is 5.78. The molecule has 2 N–H and O–H groups in total. The van der Waals surface area contributed by atoms with E-state index in [1.165, 1.54) is 12.8 Å². The largest absolute Gasteiger partial charge is 0.396 e. The number of aliphatic hydroxyl groups is 1. The quantitative estimate of drug-likeness (QED) is 0.637. The van der Waals surface area contributed by atoms with Crippen LogP contribution in [-0.2, 0) is 4.74 Å². The van der Waals surface area contributed by atoms with Gasteiger partial charge in [0.15, 0.2) is 0 Å². The molecule has 3 nitrogen and oxygen atoms in total. The van der Waals surface area contributed by atoms with Gasteiger partial charge >= 0.3 is 0 Å². The van der Waals surface area contributed by atoms with Crippen molar-refractivity contribution < 1.29 is 9.84 Å². The average molecular weight is 201 g/mol. The molecule has 0 aromatic carbocycles. The minimum absolute atomic E-state index is 0.308. The van der Waals surface area contributed by atoms with E-state index >= 15 is 0 Å². The highest BCUT2D eigenvalue weighted by Crippen LogP contribution is 2.11. The monoisotopic (exact) mass is 201 g/mol. The summed E-state index contributed by atoms with van der Waals surface area (Å²) in [5.41, 5.74) is 0. The molecule has 2 atom stereocenters. The first-order chi connectivity index (χ1) is 6.83. The van der Waals surface area contributed by atoms with Crippen molar-refractivity contribution in [3.63, 3.8) is 0 Å². The molecule has 0 saturated carbocycles. The summed E-state index contributed by atoms with van der Waals surface area (Å²) in [6.45, 7) is 4.38. The summed E-state index contributed by atoms with van der Waals surface area (Å²) in [5, 5.41) is 12.0. The molecule has 0 aromatic heterocycles. The molecular formula is C11H23NO2. The second-order valence-electron chi connectivity index (χ2n) is 4.16. The number of rotatable bonds is 6. The van der Waals surface area contributed by atoms with Crippen molar-refractivity contribution in [1.29, 1.82) is 0 Å². The predicted molar refractivity (Wildman–Crippen MR) is 57.4 cm³/mol. The van der Waals surface area contributed by atoms with Crippen LogP contribution in [0.1, 0.15) is 39.0 Å². The summed E-state index contributed by atoms with van der Waals surface area (Å²) in [6.07, 6.45) is 5.89. The zero-order valence-electron chi connectivity index (χ0n) is 9.17. The molecule has 2 unspecified atom stereocenters. The fourth-order valence-electron chi connectivity index (χ4n) is 1.76. The lowest BCUT2D eigenvalue weighted by molar-refractivity contribution is 0.0283. The lowest BCUT2D eigenvalue weighted by Crippen LogP contribution is -2.41. The molecule has 0 aromatic rings. The lowest BCUT2D eigenvalue weighted by atomic mass is 10.0. The zero-order chi connectivity index (χ0) is 10.2. The van der Waals surface area contributed by atoms with Gasteiger partial charge in [-0.2, -0.15) is 0 Å². The highest BCUT2D eigenvalue weighted by Gasteiger charge is 2.17. The van der Waals surface area contributed by atoms with Gasteiger partial charge in [-0.05, 0) is 39.0 Å². The molecule has 0 bridgehead atoms. The van der Waals surface area contributed by atoms with Gasteiger partial charge in [0.2, 0.25) is 0 Å². The number of ether oxygens (including phenoxy) is 1. The van der Waals surface area contributed by atoms with E-state index in [1.54, 1.807) is 0 Å². The van der Waals surface area contributed by atoms with Gasteiger partial charge in [0.05, 0.1) is 6.10 Å². The Morgan fingerprint density at radius 2 is 2.14 bits per heavy atom. The molecule has 0 aliphatic carbocycles. The highest BCUT2D eigenvalue weighted by molar-refractivity contribution is 4.74. The van der Waals surface area contributed by atoms with Gasteiger partial charge < -0.3 is 15.2 Å². The highest BCUT2D eigenvalue weighted by atomic mass is 16.5. The van der Waals surface area contributed by atoms with Crippen molar-refractivity contribution in [2.75, 3.05) is 19.8 Å². The number of nitrogens with one attached hydrogen (secondary N) is 1. The van der Waals surface area contributed by atoms with E-state index in [1.807, 2.05) is 0 Å². The molecule has 0 radical (unpaired) electrons. The van der Waals surface area contributed by atoms with Gasteiger partial charge in [-0.1, -0.05) is 0 Å². The third-order valence-electron chi connectivity index (χ3n) is 2.77. The minimum atomic E-state index is 0.308. The van der Waals surface area contributed by atoms with Crippen LogP contribution in [0, 0.1) is 0 Å². The normalized spacial score (nSPS) is 27.9. The number of unbranched alkanes of at least 4 members (excludes halogenated alkanes) is 2. The van der Waals surface area contributed by atoms with Crippen LogP contribution >= 0.6 is 0 Å². The van der Waals surface area contributed by atoms with Gasteiger partial charge in [0.1, 0.15) is 0 Å². The maximum atomic E-state index is 8.59. The van der Waals surface area contributed by atoms with Crippen LogP contribution in [0.3, 0.4) is 0 Å². The van der Waals surface area contributed by atoms with Crippen LogP contribution in [0.4, 0.5) is 0 Å². The summed E-state index contributed by atoms with van der Waals surface area (Å²) >= 11 is 0. The molecule has 0 spiro atoms. The fraction of sp³-hybridized carbons (Fsp3) is 1.00. The second-order valence-corrected chi connectivity index (χ2v) is 4.16. The molecule has 84 valence electrons. The topological polar surface area (TPSA) is 41.5 Å². The van der Waals surface area contributed by atoms with E-state index in [-0.39, 0.29) is 0 Å². The van der Waals surface area contributed by atoms with Crippen molar-refractivity contribution in [2.24, 2.45) is 0 Å². The van der Waals surface area contributed by atoms with Crippen LogP contribution < -0.4 is 5.32 Å². The Hall–Kier alpha value is -0.120. The summed E-state index contributed by atoms with van der Waals surface area (Å²) < 4.78 is 5.73. The molecule has 3 heteroatoms. The maximum absolute atomic E-state index is 8.59. The molecule has 1 saturated heterocycles. The molecule has 1 heterocycles. The van der Waals surface area contributed by atoms with E-state index in [9.17, 15) is 0 Å². The van der Waals surface area contributed by atoms with Crippen molar-refractivity contribution in [3.8, 4) is 0 Å².